The lowest BCUT2D eigenvalue weighted by molar-refractivity contribution is 0.0392. The molecule has 1 fully saturated rings. The summed E-state index contributed by atoms with van der Waals surface area (Å²) in [5.74, 6) is 0. The van der Waals surface area contributed by atoms with Crippen molar-refractivity contribution in [1.29, 1.82) is 0 Å². The molecule has 0 spiro atoms. The Balaban J connectivity index is 2.39. The zero-order valence-electron chi connectivity index (χ0n) is 9.63. The normalized spacial score (nSPS) is 22.9. The lowest BCUT2D eigenvalue weighted by Crippen LogP contribution is -2.47. The van der Waals surface area contributed by atoms with Crippen molar-refractivity contribution in [1.82, 2.24) is 13.9 Å². The monoisotopic (exact) mass is 279 g/mol. The van der Waals surface area contributed by atoms with Crippen LogP contribution in [0.25, 0.3) is 0 Å². The highest BCUT2D eigenvalue weighted by Gasteiger charge is 2.34. The maximum Gasteiger partial charge on any atom is 0.264 e. The summed E-state index contributed by atoms with van der Waals surface area (Å²) in [7, 11) is -1.98. The van der Waals surface area contributed by atoms with Crippen LogP contribution in [0.15, 0.2) is 11.4 Å². The molecule has 96 valence electrons. The van der Waals surface area contributed by atoms with Crippen molar-refractivity contribution >= 4 is 21.6 Å². The van der Waals surface area contributed by atoms with Gasteiger partial charge in [0, 0.05) is 19.6 Å². The fourth-order valence-corrected chi connectivity index (χ4v) is 3.74. The number of hydrogen-bond donors (Lipinski definition) is 0. The van der Waals surface area contributed by atoms with Gasteiger partial charge in [-0.05, 0) is 6.92 Å². The molecule has 1 aromatic heterocycles. The fraction of sp³-hybridized carbons (Fsp3) is 0.667. The zero-order valence-corrected chi connectivity index (χ0v) is 11.2. The van der Waals surface area contributed by atoms with Gasteiger partial charge in [-0.25, -0.2) is 13.4 Å². The summed E-state index contributed by atoms with van der Waals surface area (Å²) in [5.41, 5.74) is 0. The number of sulfonamides is 1. The minimum Gasteiger partial charge on any atom is -0.378 e. The second-order valence-corrected chi connectivity index (χ2v) is 6.15. The second kappa shape index (κ2) is 4.56. The zero-order chi connectivity index (χ0) is 12.6. The Hall–Kier alpha value is -0.630. The topological polar surface area (TPSA) is 64.4 Å². The van der Waals surface area contributed by atoms with Gasteiger partial charge in [0.15, 0.2) is 0 Å². The van der Waals surface area contributed by atoms with Gasteiger partial charge in [0.1, 0.15) is 5.15 Å². The average molecular weight is 280 g/mol. The van der Waals surface area contributed by atoms with Gasteiger partial charge in [-0.15, -0.1) is 0 Å². The van der Waals surface area contributed by atoms with Crippen LogP contribution >= 0.6 is 11.6 Å². The van der Waals surface area contributed by atoms with Gasteiger partial charge in [-0.3, -0.25) is 0 Å². The molecule has 6 nitrogen and oxygen atoms in total. The highest BCUT2D eigenvalue weighted by Crippen LogP contribution is 2.24. The summed E-state index contributed by atoms with van der Waals surface area (Å²) in [6, 6.07) is -0.202. The first kappa shape index (κ1) is 12.8. The van der Waals surface area contributed by atoms with Crippen LogP contribution in [-0.2, 0) is 21.8 Å². The minimum absolute atomic E-state index is 0.0876. The molecule has 0 N–H and O–H groups in total. The van der Waals surface area contributed by atoms with Gasteiger partial charge in [0.25, 0.3) is 10.0 Å². The smallest absolute Gasteiger partial charge is 0.264 e. The van der Waals surface area contributed by atoms with E-state index >= 15 is 0 Å². The molecule has 2 heterocycles. The van der Waals surface area contributed by atoms with Crippen LogP contribution < -0.4 is 0 Å². The number of nitrogens with zero attached hydrogens (tertiary/aromatic N) is 3. The second-order valence-electron chi connectivity index (χ2n) is 3.99. The number of aryl methyl sites for hydroxylation is 1. The van der Waals surface area contributed by atoms with E-state index in [-0.39, 0.29) is 16.2 Å². The predicted molar refractivity (Wildman–Crippen MR) is 62.4 cm³/mol. The van der Waals surface area contributed by atoms with E-state index in [1.807, 2.05) is 0 Å². The molecule has 0 unspecified atom stereocenters. The first-order valence-electron chi connectivity index (χ1n) is 5.21. The van der Waals surface area contributed by atoms with Crippen molar-refractivity contribution < 1.29 is 13.2 Å². The van der Waals surface area contributed by atoms with Gasteiger partial charge < -0.3 is 9.30 Å². The quantitative estimate of drug-likeness (QED) is 0.790. The first-order valence-corrected chi connectivity index (χ1v) is 7.03. The van der Waals surface area contributed by atoms with Crippen LogP contribution in [-0.4, -0.2) is 48.1 Å². The molecule has 1 saturated heterocycles. The Kier molecular flexibility index (Phi) is 3.44. The molecular weight excluding hydrogens is 266 g/mol. The highest BCUT2D eigenvalue weighted by molar-refractivity contribution is 7.89. The van der Waals surface area contributed by atoms with Crippen molar-refractivity contribution in [2.75, 3.05) is 19.8 Å². The third kappa shape index (κ3) is 2.20. The van der Waals surface area contributed by atoms with E-state index < -0.39 is 10.0 Å². The van der Waals surface area contributed by atoms with E-state index in [9.17, 15) is 8.42 Å². The Morgan fingerprint density at radius 1 is 1.59 bits per heavy atom. The Labute approximate surface area is 105 Å². The van der Waals surface area contributed by atoms with E-state index in [0.29, 0.717) is 19.8 Å². The van der Waals surface area contributed by atoms with Gasteiger partial charge >= 0.3 is 0 Å². The van der Waals surface area contributed by atoms with Crippen LogP contribution in [0.5, 0.6) is 0 Å². The lowest BCUT2D eigenvalue weighted by atomic mass is 10.3. The molecule has 0 amide bonds. The third-order valence-corrected chi connectivity index (χ3v) is 5.20. The number of halogens is 1. The summed E-state index contributed by atoms with van der Waals surface area (Å²) in [6.45, 7) is 2.92. The van der Waals surface area contributed by atoms with E-state index in [1.165, 1.54) is 15.2 Å². The SMILES string of the molecule is C[C@@H]1COCCN1S(=O)(=O)c1ncn(C)c1Cl. The van der Waals surface area contributed by atoms with E-state index in [4.69, 9.17) is 16.3 Å². The molecule has 0 radical (unpaired) electrons. The number of aromatic nitrogens is 2. The standard InChI is InChI=1S/C9H14ClN3O3S/c1-7-5-16-4-3-13(7)17(14,15)9-8(10)12(2)6-11-9/h6-7H,3-5H2,1-2H3/t7-/m1/s1. The first-order chi connectivity index (χ1) is 7.94. The van der Waals surface area contributed by atoms with Crippen LogP contribution in [0, 0.1) is 0 Å². The fourth-order valence-electron chi connectivity index (χ4n) is 1.75. The van der Waals surface area contributed by atoms with Crippen molar-refractivity contribution in [3.63, 3.8) is 0 Å². The molecule has 1 aliphatic rings. The van der Waals surface area contributed by atoms with Crippen molar-refractivity contribution in [2.45, 2.75) is 18.0 Å². The summed E-state index contributed by atoms with van der Waals surface area (Å²) in [5, 5.41) is 0.0408. The molecule has 0 saturated carbocycles. The van der Waals surface area contributed by atoms with Crippen LogP contribution in [0.3, 0.4) is 0 Å². The molecule has 1 aromatic rings. The molecule has 0 aromatic carbocycles. The third-order valence-electron chi connectivity index (χ3n) is 2.69. The van der Waals surface area contributed by atoms with Crippen molar-refractivity contribution in [3.8, 4) is 0 Å². The van der Waals surface area contributed by atoms with E-state index in [1.54, 1.807) is 14.0 Å². The highest BCUT2D eigenvalue weighted by atomic mass is 35.5. The largest absolute Gasteiger partial charge is 0.378 e. The maximum absolute atomic E-state index is 12.3. The Morgan fingerprint density at radius 3 is 2.82 bits per heavy atom. The molecule has 0 bridgehead atoms. The van der Waals surface area contributed by atoms with Gasteiger partial charge in [0.2, 0.25) is 5.03 Å². The Bertz CT molecular complexity index is 514. The maximum atomic E-state index is 12.3. The van der Waals surface area contributed by atoms with Gasteiger partial charge in [0.05, 0.1) is 19.5 Å². The molecule has 17 heavy (non-hydrogen) atoms. The number of imidazole rings is 1. The lowest BCUT2D eigenvalue weighted by Gasteiger charge is -2.31. The summed E-state index contributed by atoms with van der Waals surface area (Å²) < 4.78 is 32.7. The molecule has 0 aliphatic carbocycles. The number of ether oxygens (including phenoxy) is 1. The number of morpholine rings is 1. The predicted octanol–water partition coefficient (Wildman–Crippen LogP) is 0.483. The van der Waals surface area contributed by atoms with Gasteiger partial charge in [-0.2, -0.15) is 4.31 Å². The Morgan fingerprint density at radius 2 is 2.29 bits per heavy atom. The average Bonchev–Trinajstić information content (AvgIpc) is 2.60. The van der Waals surface area contributed by atoms with Crippen LogP contribution in [0.1, 0.15) is 6.92 Å². The molecule has 1 atom stereocenters. The number of hydrogen-bond acceptors (Lipinski definition) is 4. The molecule has 2 rings (SSSR count). The molecular formula is C9H14ClN3O3S. The van der Waals surface area contributed by atoms with Crippen LogP contribution in [0.2, 0.25) is 5.15 Å². The van der Waals surface area contributed by atoms with Crippen LogP contribution in [0.4, 0.5) is 0 Å². The number of rotatable bonds is 2. The van der Waals surface area contributed by atoms with Crippen molar-refractivity contribution in [2.24, 2.45) is 7.05 Å². The minimum atomic E-state index is -3.63. The summed E-state index contributed by atoms with van der Waals surface area (Å²) >= 11 is 5.92. The van der Waals surface area contributed by atoms with E-state index in [0.717, 1.165) is 0 Å². The summed E-state index contributed by atoms with van der Waals surface area (Å²) in [4.78, 5) is 3.86. The van der Waals surface area contributed by atoms with E-state index in [2.05, 4.69) is 4.98 Å². The molecule has 1 aliphatic heterocycles. The van der Waals surface area contributed by atoms with Crippen molar-refractivity contribution in [3.05, 3.63) is 11.5 Å². The van der Waals surface area contributed by atoms with Gasteiger partial charge in [-0.1, -0.05) is 11.6 Å². The summed E-state index contributed by atoms with van der Waals surface area (Å²) in [6.07, 6.45) is 1.39. The molecule has 8 heteroatoms.